The van der Waals surface area contributed by atoms with Gasteiger partial charge in [0.2, 0.25) is 5.91 Å². The minimum Gasteiger partial charge on any atom is -0.480 e. The van der Waals surface area contributed by atoms with E-state index in [9.17, 15) is 9.59 Å². The largest absolute Gasteiger partial charge is 0.480 e. The lowest BCUT2D eigenvalue weighted by molar-refractivity contribution is -0.137. The molecule has 0 aromatic carbocycles. The van der Waals surface area contributed by atoms with Gasteiger partial charge in [-0.1, -0.05) is 0 Å². The summed E-state index contributed by atoms with van der Waals surface area (Å²) in [6.45, 7) is -0.261. The van der Waals surface area contributed by atoms with E-state index in [1.807, 2.05) is 0 Å². The molecule has 0 saturated carbocycles. The molecule has 2 N–H and O–H groups in total. The predicted octanol–water partition coefficient (Wildman–Crippen LogP) is 1.26. The zero-order valence-corrected chi connectivity index (χ0v) is 13.7. The van der Waals surface area contributed by atoms with Crippen LogP contribution in [0, 0.1) is 0 Å². The van der Waals surface area contributed by atoms with E-state index in [4.69, 9.17) is 5.11 Å². The SMILES string of the molecule is CNC(=O)Cc1nc(-c2scc3c2CCCC3)n(CC(=O)O)n1. The highest BCUT2D eigenvalue weighted by atomic mass is 32.1. The van der Waals surface area contributed by atoms with E-state index >= 15 is 0 Å². The average Bonchev–Trinajstić information content (AvgIpc) is 3.10. The van der Waals surface area contributed by atoms with Crippen molar-refractivity contribution >= 4 is 23.2 Å². The summed E-state index contributed by atoms with van der Waals surface area (Å²) in [7, 11) is 1.55. The highest BCUT2D eigenvalue weighted by Gasteiger charge is 2.23. The van der Waals surface area contributed by atoms with Crippen LogP contribution in [0.25, 0.3) is 10.7 Å². The Morgan fingerprint density at radius 1 is 1.39 bits per heavy atom. The molecule has 2 aromatic heterocycles. The van der Waals surface area contributed by atoms with Gasteiger partial charge in [0.05, 0.1) is 11.3 Å². The molecule has 0 atom stereocenters. The van der Waals surface area contributed by atoms with Gasteiger partial charge in [0, 0.05) is 7.05 Å². The zero-order valence-electron chi connectivity index (χ0n) is 12.8. The van der Waals surface area contributed by atoms with E-state index in [0.717, 1.165) is 24.1 Å². The molecule has 0 bridgehead atoms. The van der Waals surface area contributed by atoms with Crippen LogP contribution in [-0.2, 0) is 35.4 Å². The number of fused-ring (bicyclic) bond motifs is 1. The van der Waals surface area contributed by atoms with Crippen LogP contribution in [-0.4, -0.2) is 38.8 Å². The maximum atomic E-state index is 11.5. The standard InChI is InChI=1S/C15H18N4O3S/c1-16-12(20)6-11-17-15(19(18-11)7-13(21)22)14-10-5-3-2-4-9(10)8-23-14/h8H,2-7H2,1H3,(H,16,20)(H,21,22). The summed E-state index contributed by atoms with van der Waals surface area (Å²) >= 11 is 1.58. The smallest absolute Gasteiger partial charge is 0.325 e. The van der Waals surface area contributed by atoms with E-state index in [2.05, 4.69) is 20.8 Å². The molecular formula is C15H18N4O3S. The van der Waals surface area contributed by atoms with E-state index in [1.165, 1.54) is 22.2 Å². The molecule has 0 saturated heterocycles. The lowest BCUT2D eigenvalue weighted by Crippen LogP contribution is -2.20. The van der Waals surface area contributed by atoms with E-state index in [-0.39, 0.29) is 18.9 Å². The molecule has 2 heterocycles. The number of carboxylic acid groups (broad SMARTS) is 1. The normalized spacial score (nSPS) is 13.6. The van der Waals surface area contributed by atoms with Crippen molar-refractivity contribution in [3.63, 3.8) is 0 Å². The van der Waals surface area contributed by atoms with E-state index < -0.39 is 5.97 Å². The van der Waals surface area contributed by atoms with Gasteiger partial charge < -0.3 is 10.4 Å². The quantitative estimate of drug-likeness (QED) is 0.858. The van der Waals surface area contributed by atoms with Gasteiger partial charge in [0.15, 0.2) is 11.6 Å². The first kappa shape index (κ1) is 15.7. The summed E-state index contributed by atoms with van der Waals surface area (Å²) in [5.41, 5.74) is 2.58. The molecule has 122 valence electrons. The monoisotopic (exact) mass is 334 g/mol. The second-order valence-corrected chi connectivity index (χ2v) is 6.41. The first-order valence-corrected chi connectivity index (χ1v) is 8.42. The van der Waals surface area contributed by atoms with Gasteiger partial charge in [0.1, 0.15) is 6.54 Å². The van der Waals surface area contributed by atoms with Crippen molar-refractivity contribution in [1.29, 1.82) is 0 Å². The Labute approximate surface area is 137 Å². The molecule has 1 aliphatic rings. The number of hydrogen-bond acceptors (Lipinski definition) is 5. The predicted molar refractivity (Wildman–Crippen MR) is 85.4 cm³/mol. The van der Waals surface area contributed by atoms with Gasteiger partial charge in [-0.15, -0.1) is 11.3 Å². The van der Waals surface area contributed by atoms with E-state index in [1.54, 1.807) is 18.4 Å². The van der Waals surface area contributed by atoms with Crippen molar-refractivity contribution in [2.24, 2.45) is 0 Å². The molecule has 0 aliphatic heterocycles. The molecule has 1 amide bonds. The fourth-order valence-corrected chi connectivity index (χ4v) is 3.96. The van der Waals surface area contributed by atoms with Crippen LogP contribution in [0.3, 0.4) is 0 Å². The minimum absolute atomic E-state index is 0.0453. The second kappa shape index (κ2) is 6.49. The summed E-state index contributed by atoms with van der Waals surface area (Å²) in [5.74, 6) is -0.275. The number of nitrogens with one attached hydrogen (secondary N) is 1. The number of thiophene rings is 1. The summed E-state index contributed by atoms with van der Waals surface area (Å²) in [4.78, 5) is 28.1. The lowest BCUT2D eigenvalue weighted by Gasteiger charge is -2.12. The Morgan fingerprint density at radius 3 is 2.91 bits per heavy atom. The van der Waals surface area contributed by atoms with Crippen LogP contribution < -0.4 is 5.32 Å². The number of rotatable bonds is 5. The van der Waals surface area contributed by atoms with Crippen LogP contribution >= 0.6 is 11.3 Å². The molecule has 0 fully saturated rings. The Hall–Kier alpha value is -2.22. The van der Waals surface area contributed by atoms with Gasteiger partial charge >= 0.3 is 5.97 Å². The third-order valence-electron chi connectivity index (χ3n) is 3.90. The molecule has 23 heavy (non-hydrogen) atoms. The van der Waals surface area contributed by atoms with Gasteiger partial charge in [0.25, 0.3) is 0 Å². The molecule has 8 heteroatoms. The second-order valence-electron chi connectivity index (χ2n) is 5.53. The maximum absolute atomic E-state index is 11.5. The highest BCUT2D eigenvalue weighted by Crippen LogP contribution is 2.36. The number of aliphatic carboxylic acids is 1. The van der Waals surface area contributed by atoms with Crippen molar-refractivity contribution in [3.05, 3.63) is 22.3 Å². The number of aryl methyl sites for hydroxylation is 1. The first-order chi connectivity index (χ1) is 11.1. The number of aromatic nitrogens is 3. The van der Waals surface area contributed by atoms with E-state index in [0.29, 0.717) is 11.6 Å². The Bertz CT molecular complexity index is 750. The lowest BCUT2D eigenvalue weighted by atomic mass is 9.94. The molecular weight excluding hydrogens is 316 g/mol. The molecule has 1 aliphatic carbocycles. The molecule has 0 radical (unpaired) electrons. The summed E-state index contributed by atoms with van der Waals surface area (Å²) in [6, 6.07) is 0. The summed E-state index contributed by atoms with van der Waals surface area (Å²) in [5, 5.41) is 18.0. The number of carboxylic acids is 1. The number of likely N-dealkylation sites (N-methyl/N-ethyl adjacent to an activating group) is 1. The Morgan fingerprint density at radius 2 is 2.17 bits per heavy atom. The summed E-state index contributed by atoms with van der Waals surface area (Å²) < 4.78 is 1.39. The van der Waals surface area contributed by atoms with Crippen molar-refractivity contribution in [1.82, 2.24) is 20.1 Å². The highest BCUT2D eigenvalue weighted by molar-refractivity contribution is 7.13. The number of carbonyl (C=O) groups is 2. The van der Waals surface area contributed by atoms with Gasteiger partial charge in [-0.25, -0.2) is 9.67 Å². The third-order valence-corrected chi connectivity index (χ3v) is 4.97. The van der Waals surface area contributed by atoms with Crippen LogP contribution in [0.2, 0.25) is 0 Å². The van der Waals surface area contributed by atoms with Crippen molar-refractivity contribution in [2.75, 3.05) is 7.05 Å². The zero-order chi connectivity index (χ0) is 16.4. The third kappa shape index (κ3) is 3.26. The average molecular weight is 334 g/mol. The number of nitrogens with zero attached hydrogens (tertiary/aromatic N) is 3. The molecule has 0 spiro atoms. The van der Waals surface area contributed by atoms with Crippen molar-refractivity contribution < 1.29 is 14.7 Å². The number of carbonyl (C=O) groups excluding carboxylic acids is 1. The number of hydrogen-bond donors (Lipinski definition) is 2. The Balaban J connectivity index is 2.00. The fraction of sp³-hybridized carbons (Fsp3) is 0.467. The van der Waals surface area contributed by atoms with Gasteiger partial charge in [-0.05, 0) is 42.2 Å². The first-order valence-electron chi connectivity index (χ1n) is 7.54. The summed E-state index contributed by atoms with van der Waals surface area (Å²) in [6.07, 6.45) is 4.41. The fourth-order valence-electron chi connectivity index (χ4n) is 2.81. The van der Waals surface area contributed by atoms with Gasteiger partial charge in [-0.2, -0.15) is 5.10 Å². The maximum Gasteiger partial charge on any atom is 0.325 e. The van der Waals surface area contributed by atoms with Crippen molar-refractivity contribution in [2.45, 2.75) is 38.6 Å². The molecule has 7 nitrogen and oxygen atoms in total. The molecule has 2 aromatic rings. The van der Waals surface area contributed by atoms with Crippen LogP contribution in [0.4, 0.5) is 0 Å². The Kier molecular flexibility index (Phi) is 4.42. The molecule has 0 unspecified atom stereocenters. The van der Waals surface area contributed by atoms with Crippen LogP contribution in [0.5, 0.6) is 0 Å². The number of amides is 1. The molecule has 3 rings (SSSR count). The minimum atomic E-state index is -0.979. The van der Waals surface area contributed by atoms with Gasteiger partial charge in [-0.3, -0.25) is 9.59 Å². The van der Waals surface area contributed by atoms with Crippen LogP contribution in [0.15, 0.2) is 5.38 Å². The topological polar surface area (TPSA) is 97.1 Å². The van der Waals surface area contributed by atoms with Crippen molar-refractivity contribution in [3.8, 4) is 10.7 Å². The van der Waals surface area contributed by atoms with Crippen LogP contribution in [0.1, 0.15) is 29.8 Å².